The van der Waals surface area contributed by atoms with Gasteiger partial charge in [0.2, 0.25) is 0 Å². The third kappa shape index (κ3) is 4.94. The smallest absolute Gasteiger partial charge is 0.173 e. The lowest BCUT2D eigenvalue weighted by Gasteiger charge is -2.36. The summed E-state index contributed by atoms with van der Waals surface area (Å²) in [6.07, 6.45) is 1.33. The number of benzene rings is 2. The summed E-state index contributed by atoms with van der Waals surface area (Å²) >= 11 is 12.6. The molecule has 2 atom stereocenters. The zero-order valence-corrected chi connectivity index (χ0v) is 17.6. The second-order valence-electron chi connectivity index (χ2n) is 7.41. The molecule has 0 radical (unpaired) electrons. The first-order chi connectivity index (χ1) is 12.3. The molecule has 0 saturated carbocycles. The molecule has 2 aromatic carbocycles. The topological polar surface area (TPSA) is 34.1 Å². The maximum absolute atomic E-state index is 13.5. The summed E-state index contributed by atoms with van der Waals surface area (Å²) in [6, 6.07) is 14.8. The van der Waals surface area contributed by atoms with Gasteiger partial charge in [0, 0.05) is 6.16 Å². The van der Waals surface area contributed by atoms with Crippen molar-refractivity contribution in [3.05, 3.63) is 69.7 Å². The van der Waals surface area contributed by atoms with E-state index in [0.29, 0.717) is 21.8 Å². The van der Waals surface area contributed by atoms with Crippen molar-refractivity contribution in [1.29, 1.82) is 0 Å². The highest BCUT2D eigenvalue weighted by Gasteiger charge is 2.39. The maximum Gasteiger partial charge on any atom is 0.173 e. The lowest BCUT2D eigenvalue weighted by atomic mass is 9.67. The van der Waals surface area contributed by atoms with Crippen LogP contribution in [0.3, 0.4) is 0 Å². The monoisotopic (exact) mass is 408 g/mol. The highest BCUT2D eigenvalue weighted by atomic mass is 35.5. The Hall–Kier alpha value is -1.21. The van der Waals surface area contributed by atoms with Crippen molar-refractivity contribution < 1.29 is 9.36 Å². The Bertz CT molecular complexity index is 755. The highest BCUT2D eigenvalue weighted by molar-refractivity contribution is 7.23. The van der Waals surface area contributed by atoms with Crippen LogP contribution in [0.2, 0.25) is 10.0 Å². The molecule has 0 spiro atoms. The van der Waals surface area contributed by atoms with Gasteiger partial charge in [0.1, 0.15) is 0 Å². The number of ketones is 1. The van der Waals surface area contributed by atoms with Crippen LogP contribution in [-0.2, 0) is 4.57 Å². The van der Waals surface area contributed by atoms with Crippen molar-refractivity contribution in [2.24, 2.45) is 11.3 Å². The van der Waals surface area contributed by atoms with Crippen LogP contribution in [0, 0.1) is 11.3 Å². The molecular weight excluding hydrogens is 386 g/mol. The van der Waals surface area contributed by atoms with Crippen molar-refractivity contribution in [2.45, 2.75) is 33.1 Å². The fourth-order valence-corrected chi connectivity index (χ4v) is 4.66. The van der Waals surface area contributed by atoms with Crippen molar-refractivity contribution in [3.8, 4) is 0 Å². The normalized spacial score (nSPS) is 14.2. The van der Waals surface area contributed by atoms with Gasteiger partial charge in [0.15, 0.2) is 14.2 Å². The maximum atomic E-state index is 13.5. The first-order valence-corrected chi connectivity index (χ1v) is 10.4. The summed E-state index contributed by atoms with van der Waals surface area (Å²) in [7, 11) is 0.130. The van der Waals surface area contributed by atoms with Gasteiger partial charge in [-0.05, 0) is 35.4 Å². The molecule has 0 fully saturated rings. The number of carbonyl (C=O) groups excluding carboxylic acids is 1. The molecule has 0 aliphatic heterocycles. The van der Waals surface area contributed by atoms with E-state index in [1.165, 1.54) is 0 Å². The number of Topliss-reactive ketones (excluding diaryl/α,β-unsaturated/α-hetero) is 1. The first-order valence-electron chi connectivity index (χ1n) is 8.60. The molecule has 0 heterocycles. The van der Waals surface area contributed by atoms with Crippen LogP contribution in [0.4, 0.5) is 0 Å². The fraction of sp³-hybridized carbons (Fsp3) is 0.381. The highest BCUT2D eigenvalue weighted by Crippen LogP contribution is 2.44. The lowest BCUT2D eigenvalue weighted by Crippen LogP contribution is -2.31. The van der Waals surface area contributed by atoms with Gasteiger partial charge >= 0.3 is 0 Å². The van der Waals surface area contributed by atoms with Gasteiger partial charge in [-0.25, -0.2) is 0 Å². The zero-order chi connectivity index (χ0) is 19.3. The Balaban J connectivity index is 2.51. The number of hydrogen-bond donors (Lipinski definition) is 0. The molecule has 0 saturated heterocycles. The average molecular weight is 409 g/mol. The van der Waals surface area contributed by atoms with E-state index in [4.69, 9.17) is 23.2 Å². The number of hydrogen-bond acceptors (Lipinski definition) is 2. The van der Waals surface area contributed by atoms with Gasteiger partial charge in [-0.3, -0.25) is 9.36 Å². The number of halogens is 2. The molecule has 2 unspecified atom stereocenters. The minimum Gasteiger partial charge on any atom is -0.293 e. The summed E-state index contributed by atoms with van der Waals surface area (Å²) in [4.78, 5) is 13.5. The van der Waals surface area contributed by atoms with Crippen molar-refractivity contribution in [2.75, 3.05) is 6.16 Å². The minimum atomic E-state index is -0.396. The molecule has 0 aliphatic rings. The van der Waals surface area contributed by atoms with Gasteiger partial charge in [0.05, 0.1) is 21.5 Å². The van der Waals surface area contributed by atoms with E-state index in [2.05, 4.69) is 20.8 Å². The molecule has 0 amide bonds. The van der Waals surface area contributed by atoms with Gasteiger partial charge < -0.3 is 0 Å². The van der Waals surface area contributed by atoms with E-state index < -0.39 is 5.92 Å². The van der Waals surface area contributed by atoms with Crippen LogP contribution in [0.25, 0.3) is 0 Å². The quantitative estimate of drug-likeness (QED) is 0.339. The van der Waals surface area contributed by atoms with Crippen molar-refractivity contribution in [3.63, 3.8) is 0 Å². The molecule has 0 bridgehead atoms. The Morgan fingerprint density at radius 2 is 1.62 bits per heavy atom. The van der Waals surface area contributed by atoms with Crippen molar-refractivity contribution in [1.82, 2.24) is 0 Å². The second-order valence-corrected chi connectivity index (χ2v) is 8.85. The predicted octanol–water partition coefficient (Wildman–Crippen LogP) is 7.30. The van der Waals surface area contributed by atoms with Gasteiger partial charge in [-0.2, -0.15) is 0 Å². The molecule has 0 aromatic heterocycles. The standard InChI is InChI=1S/C21H23Cl2O2P/c1-14(13-26-25)12-21(2,3)19(15-8-5-4-6-9-15)20(24)18-16(22)10-7-11-17(18)23/h4-11,14,19H,12-13H2,1-3H3. The molecule has 0 aliphatic carbocycles. The Morgan fingerprint density at radius 1 is 1.04 bits per heavy atom. The molecule has 5 heteroatoms. The summed E-state index contributed by atoms with van der Waals surface area (Å²) in [5.74, 6) is -0.250. The summed E-state index contributed by atoms with van der Waals surface area (Å²) in [5.41, 5.74) is 0.947. The summed E-state index contributed by atoms with van der Waals surface area (Å²) in [5, 5.41) is 0.732. The van der Waals surface area contributed by atoms with Crippen LogP contribution in [0.15, 0.2) is 48.5 Å². The predicted molar refractivity (Wildman–Crippen MR) is 110 cm³/mol. The molecule has 138 valence electrons. The lowest BCUT2D eigenvalue weighted by molar-refractivity contribution is 0.0864. The van der Waals surface area contributed by atoms with Gasteiger partial charge in [-0.15, -0.1) is 0 Å². The van der Waals surface area contributed by atoms with Gasteiger partial charge in [-0.1, -0.05) is 80.4 Å². The van der Waals surface area contributed by atoms with Crippen LogP contribution >= 0.6 is 31.7 Å². The van der Waals surface area contributed by atoms with E-state index in [1.807, 2.05) is 30.3 Å². The minimum absolute atomic E-state index is 0.0799. The molecule has 0 N–H and O–H groups in total. The largest absolute Gasteiger partial charge is 0.293 e. The molecule has 2 aromatic rings. The summed E-state index contributed by atoms with van der Waals surface area (Å²) < 4.78 is 11.0. The first kappa shape index (κ1) is 21.1. The van der Waals surface area contributed by atoms with Crippen LogP contribution < -0.4 is 0 Å². The third-order valence-corrected chi connectivity index (χ3v) is 6.05. The molecule has 2 rings (SSSR count). The zero-order valence-electron chi connectivity index (χ0n) is 15.2. The molecular formula is C21H23Cl2O2P. The third-order valence-electron chi connectivity index (χ3n) is 4.65. The van der Waals surface area contributed by atoms with E-state index in [1.54, 1.807) is 18.2 Å². The van der Waals surface area contributed by atoms with E-state index in [9.17, 15) is 9.36 Å². The summed E-state index contributed by atoms with van der Waals surface area (Å²) in [6.45, 7) is 6.21. The Kier molecular flexibility index (Phi) is 7.41. The van der Waals surface area contributed by atoms with Gasteiger partial charge in [0.25, 0.3) is 0 Å². The van der Waals surface area contributed by atoms with E-state index >= 15 is 0 Å². The molecule has 26 heavy (non-hydrogen) atoms. The van der Waals surface area contributed by atoms with Crippen molar-refractivity contribution >= 4 is 37.4 Å². The molecule has 2 nitrogen and oxygen atoms in total. The second kappa shape index (κ2) is 9.13. The number of rotatable bonds is 8. The van der Waals surface area contributed by atoms with Crippen LogP contribution in [0.5, 0.6) is 0 Å². The Morgan fingerprint density at radius 3 is 2.15 bits per heavy atom. The van der Waals surface area contributed by atoms with Crippen LogP contribution in [0.1, 0.15) is 49.0 Å². The number of carbonyl (C=O) groups is 1. The van der Waals surface area contributed by atoms with E-state index in [-0.39, 0.29) is 25.6 Å². The fourth-order valence-electron chi connectivity index (χ4n) is 3.69. The van der Waals surface area contributed by atoms with Crippen LogP contribution in [-0.4, -0.2) is 11.9 Å². The Labute approximate surface area is 167 Å². The SMILES string of the molecule is CC(CP=O)CC(C)(C)C(C(=O)c1c(Cl)cccc1Cl)c1ccccc1. The average Bonchev–Trinajstić information content (AvgIpc) is 2.55. The van der Waals surface area contributed by atoms with E-state index in [0.717, 1.165) is 12.0 Å².